The molecule has 0 radical (unpaired) electrons. The largest absolute Gasteiger partial charge is 0.497 e. The van der Waals surface area contributed by atoms with Crippen molar-refractivity contribution in [3.8, 4) is 5.75 Å². The molecule has 1 aromatic carbocycles. The second-order valence-electron chi connectivity index (χ2n) is 5.01. The Labute approximate surface area is 129 Å². The van der Waals surface area contributed by atoms with Gasteiger partial charge in [0.15, 0.2) is 0 Å². The Hall–Kier alpha value is -1.72. The molecule has 21 heavy (non-hydrogen) atoms. The molecular weight excluding hydrogens is 292 g/mol. The summed E-state index contributed by atoms with van der Waals surface area (Å²) >= 11 is 0. The van der Waals surface area contributed by atoms with Gasteiger partial charge in [-0.2, -0.15) is 0 Å². The number of piperidine rings is 1. The van der Waals surface area contributed by atoms with Crippen LogP contribution in [0, 0.1) is 0 Å². The lowest BCUT2D eigenvalue weighted by molar-refractivity contribution is 0.415. The van der Waals surface area contributed by atoms with Gasteiger partial charge in [0.2, 0.25) is 0 Å². The van der Waals surface area contributed by atoms with E-state index in [0.717, 1.165) is 42.8 Å². The summed E-state index contributed by atoms with van der Waals surface area (Å²) in [6.07, 6.45) is 2.09. The molecule has 2 N–H and O–H groups in total. The highest BCUT2D eigenvalue weighted by Gasteiger charge is 2.15. The van der Waals surface area contributed by atoms with Crippen LogP contribution in [0.25, 0.3) is 11.0 Å². The number of ether oxygens (including phenoxy) is 1. The monoisotopic (exact) mass is 310 g/mol. The molecule has 0 amide bonds. The zero-order chi connectivity index (χ0) is 13.9. The highest BCUT2D eigenvalue weighted by atomic mass is 35.5. The quantitative estimate of drug-likeness (QED) is 0.852. The fourth-order valence-corrected chi connectivity index (χ4v) is 2.57. The number of methoxy groups -OCH3 is 1. The van der Waals surface area contributed by atoms with E-state index in [2.05, 4.69) is 10.6 Å². The number of hydrogen-bond donors (Lipinski definition) is 2. The summed E-state index contributed by atoms with van der Waals surface area (Å²) in [5.41, 5.74) is 1.07. The molecule has 5 nitrogen and oxygen atoms in total. The smallest absolute Gasteiger partial charge is 0.338 e. The van der Waals surface area contributed by atoms with E-state index in [1.165, 1.54) is 6.07 Å². The van der Waals surface area contributed by atoms with Gasteiger partial charge in [-0.15, -0.1) is 12.4 Å². The molecule has 2 heterocycles. The van der Waals surface area contributed by atoms with Gasteiger partial charge in [-0.3, -0.25) is 0 Å². The van der Waals surface area contributed by atoms with Crippen LogP contribution in [0.15, 0.2) is 33.5 Å². The maximum absolute atomic E-state index is 11.7. The highest BCUT2D eigenvalue weighted by Crippen LogP contribution is 2.27. The average Bonchev–Trinajstić information content (AvgIpc) is 2.48. The molecule has 1 fully saturated rings. The third-order valence-corrected chi connectivity index (χ3v) is 3.65. The van der Waals surface area contributed by atoms with Crippen LogP contribution in [0.4, 0.5) is 5.69 Å². The third kappa shape index (κ3) is 3.49. The van der Waals surface area contributed by atoms with Crippen molar-refractivity contribution < 1.29 is 9.15 Å². The maximum atomic E-state index is 11.7. The molecule has 3 rings (SSSR count). The average molecular weight is 311 g/mol. The molecule has 1 aromatic heterocycles. The summed E-state index contributed by atoms with van der Waals surface area (Å²) in [7, 11) is 1.63. The van der Waals surface area contributed by atoms with E-state index in [9.17, 15) is 4.79 Å². The first kappa shape index (κ1) is 15.7. The van der Waals surface area contributed by atoms with Crippen LogP contribution in [-0.2, 0) is 0 Å². The Morgan fingerprint density at radius 2 is 2.05 bits per heavy atom. The SMILES string of the molecule is COc1ccc2oc(=O)cc(NC3CCNCC3)c2c1.Cl. The zero-order valence-corrected chi connectivity index (χ0v) is 12.7. The van der Waals surface area contributed by atoms with Gasteiger partial charge in [-0.1, -0.05) is 0 Å². The Balaban J connectivity index is 0.00000161. The lowest BCUT2D eigenvalue weighted by atomic mass is 10.1. The third-order valence-electron chi connectivity index (χ3n) is 3.65. The van der Waals surface area contributed by atoms with Crippen molar-refractivity contribution >= 4 is 29.1 Å². The summed E-state index contributed by atoms with van der Waals surface area (Å²) in [5.74, 6) is 0.750. The number of nitrogens with one attached hydrogen (secondary N) is 2. The number of fused-ring (bicyclic) bond motifs is 1. The molecule has 0 aliphatic carbocycles. The number of rotatable bonds is 3. The minimum Gasteiger partial charge on any atom is -0.497 e. The zero-order valence-electron chi connectivity index (χ0n) is 11.8. The molecule has 1 saturated heterocycles. The predicted molar refractivity (Wildman–Crippen MR) is 85.8 cm³/mol. The van der Waals surface area contributed by atoms with E-state index >= 15 is 0 Å². The topological polar surface area (TPSA) is 63.5 Å². The minimum absolute atomic E-state index is 0. The van der Waals surface area contributed by atoms with Gasteiger partial charge < -0.3 is 19.8 Å². The van der Waals surface area contributed by atoms with E-state index in [0.29, 0.717) is 11.6 Å². The van der Waals surface area contributed by atoms with Crippen molar-refractivity contribution in [3.05, 3.63) is 34.7 Å². The van der Waals surface area contributed by atoms with Crippen molar-refractivity contribution in [1.82, 2.24) is 5.32 Å². The molecule has 1 aliphatic heterocycles. The first-order valence-corrected chi connectivity index (χ1v) is 6.85. The normalized spacial score (nSPS) is 15.5. The molecule has 114 valence electrons. The standard InChI is InChI=1S/C15H18N2O3.ClH/c1-19-11-2-3-14-12(8-11)13(9-15(18)20-14)17-10-4-6-16-7-5-10;/h2-3,8-10,16-17H,4-7H2,1H3;1H. The summed E-state index contributed by atoms with van der Waals surface area (Å²) in [5, 5.41) is 7.66. The van der Waals surface area contributed by atoms with Crippen LogP contribution in [0.5, 0.6) is 5.75 Å². The molecule has 1 aliphatic rings. The Kier molecular flexibility index (Phi) is 5.09. The Morgan fingerprint density at radius 1 is 1.29 bits per heavy atom. The Morgan fingerprint density at radius 3 is 2.76 bits per heavy atom. The minimum atomic E-state index is -0.334. The molecule has 0 unspecified atom stereocenters. The van der Waals surface area contributed by atoms with Gasteiger partial charge in [-0.05, 0) is 44.1 Å². The highest BCUT2D eigenvalue weighted by molar-refractivity contribution is 5.90. The van der Waals surface area contributed by atoms with Gasteiger partial charge in [0.05, 0.1) is 12.8 Å². The van der Waals surface area contributed by atoms with E-state index in [1.807, 2.05) is 6.07 Å². The fraction of sp³-hybridized carbons (Fsp3) is 0.400. The van der Waals surface area contributed by atoms with E-state index in [4.69, 9.17) is 9.15 Å². The van der Waals surface area contributed by atoms with E-state index < -0.39 is 0 Å². The molecule has 0 saturated carbocycles. The van der Waals surface area contributed by atoms with Gasteiger partial charge >= 0.3 is 5.63 Å². The van der Waals surface area contributed by atoms with Crippen LogP contribution in [0.2, 0.25) is 0 Å². The number of halogens is 1. The van der Waals surface area contributed by atoms with Crippen LogP contribution >= 0.6 is 12.4 Å². The van der Waals surface area contributed by atoms with Gasteiger partial charge in [0.25, 0.3) is 0 Å². The molecule has 0 bridgehead atoms. The number of hydrogen-bond acceptors (Lipinski definition) is 5. The summed E-state index contributed by atoms with van der Waals surface area (Å²) in [6, 6.07) is 7.35. The van der Waals surface area contributed by atoms with Crippen molar-refractivity contribution in [2.75, 3.05) is 25.5 Å². The second kappa shape index (κ2) is 6.83. The van der Waals surface area contributed by atoms with Crippen LogP contribution < -0.4 is 21.0 Å². The number of anilines is 1. The summed E-state index contributed by atoms with van der Waals surface area (Å²) in [6.45, 7) is 2.00. The van der Waals surface area contributed by atoms with E-state index in [-0.39, 0.29) is 18.0 Å². The maximum Gasteiger partial charge on any atom is 0.338 e. The lowest BCUT2D eigenvalue weighted by Gasteiger charge is -2.25. The van der Waals surface area contributed by atoms with Crippen molar-refractivity contribution in [2.45, 2.75) is 18.9 Å². The molecular formula is C15H19ClN2O3. The van der Waals surface area contributed by atoms with Crippen LogP contribution in [-0.4, -0.2) is 26.2 Å². The van der Waals surface area contributed by atoms with Gasteiger partial charge in [0, 0.05) is 17.5 Å². The second-order valence-corrected chi connectivity index (χ2v) is 5.01. The van der Waals surface area contributed by atoms with Crippen molar-refractivity contribution in [2.24, 2.45) is 0 Å². The summed E-state index contributed by atoms with van der Waals surface area (Å²) in [4.78, 5) is 11.7. The first-order chi connectivity index (χ1) is 9.76. The summed E-state index contributed by atoms with van der Waals surface area (Å²) < 4.78 is 10.5. The number of benzene rings is 1. The molecule has 2 aromatic rings. The molecule has 0 atom stereocenters. The predicted octanol–water partition coefficient (Wildman–Crippen LogP) is 2.39. The fourth-order valence-electron chi connectivity index (χ4n) is 2.57. The van der Waals surface area contributed by atoms with Crippen molar-refractivity contribution in [1.29, 1.82) is 0 Å². The Bertz CT molecular complexity index is 666. The van der Waals surface area contributed by atoms with Crippen LogP contribution in [0.3, 0.4) is 0 Å². The first-order valence-electron chi connectivity index (χ1n) is 6.85. The molecule has 0 spiro atoms. The lowest BCUT2D eigenvalue weighted by Crippen LogP contribution is -2.35. The molecule has 6 heteroatoms. The van der Waals surface area contributed by atoms with Gasteiger partial charge in [0.1, 0.15) is 11.3 Å². The van der Waals surface area contributed by atoms with Crippen molar-refractivity contribution in [3.63, 3.8) is 0 Å². The van der Waals surface area contributed by atoms with E-state index in [1.54, 1.807) is 19.2 Å². The van der Waals surface area contributed by atoms with Gasteiger partial charge in [-0.25, -0.2) is 4.79 Å². The van der Waals surface area contributed by atoms with Crippen LogP contribution in [0.1, 0.15) is 12.8 Å².